The first-order valence-corrected chi connectivity index (χ1v) is 7.15. The fourth-order valence-electron chi connectivity index (χ4n) is 1.48. The van der Waals surface area contributed by atoms with Gasteiger partial charge in [0, 0.05) is 9.15 Å². The summed E-state index contributed by atoms with van der Waals surface area (Å²) in [6.45, 7) is 6.60. The summed E-state index contributed by atoms with van der Waals surface area (Å²) in [5.41, 5.74) is 2.71. The second-order valence-electron chi connectivity index (χ2n) is 4.05. The topological polar surface area (TPSA) is 0 Å². The molecule has 1 aromatic carbocycles. The van der Waals surface area contributed by atoms with Crippen molar-refractivity contribution in [3.63, 3.8) is 0 Å². The first-order valence-electron chi connectivity index (χ1n) is 5.44. The first-order chi connectivity index (χ1) is 7.01. The summed E-state index contributed by atoms with van der Waals surface area (Å²) >= 11 is 7.42. The fraction of sp³-hybridized carbons (Fsp3) is 0.538. The minimum Gasteiger partial charge on any atom is -0.0839 e. The van der Waals surface area contributed by atoms with Crippen LogP contribution in [0.1, 0.15) is 49.6 Å². The van der Waals surface area contributed by atoms with E-state index in [9.17, 15) is 0 Å². The lowest BCUT2D eigenvalue weighted by Crippen LogP contribution is -2.10. The molecule has 0 aliphatic carbocycles. The Morgan fingerprint density at radius 2 is 1.73 bits per heavy atom. The Balaban J connectivity index is 2.90. The van der Waals surface area contributed by atoms with Gasteiger partial charge in [0.05, 0.1) is 0 Å². The highest BCUT2D eigenvalue weighted by molar-refractivity contribution is 9.09. The van der Waals surface area contributed by atoms with E-state index in [2.05, 4.69) is 76.9 Å². The van der Waals surface area contributed by atoms with Crippen molar-refractivity contribution in [2.75, 3.05) is 0 Å². The molecule has 15 heavy (non-hydrogen) atoms. The molecule has 0 aliphatic rings. The third-order valence-corrected chi connectivity index (χ3v) is 5.09. The van der Waals surface area contributed by atoms with Crippen molar-refractivity contribution in [1.29, 1.82) is 0 Å². The second-order valence-corrected chi connectivity index (χ2v) is 6.90. The minimum absolute atomic E-state index is 0.111. The number of hydrogen-bond donors (Lipinski definition) is 0. The highest BCUT2D eigenvalue weighted by Crippen LogP contribution is 2.35. The average Bonchev–Trinajstić information content (AvgIpc) is 2.28. The summed E-state index contributed by atoms with van der Waals surface area (Å²) in [7, 11) is 0. The van der Waals surface area contributed by atoms with Gasteiger partial charge in [-0.1, -0.05) is 70.0 Å². The highest BCUT2D eigenvalue weighted by atomic mass is 79.9. The zero-order valence-corrected chi connectivity index (χ0v) is 12.7. The molecule has 0 nitrogen and oxygen atoms in total. The number of rotatable bonds is 4. The van der Waals surface area contributed by atoms with Gasteiger partial charge in [-0.25, -0.2) is 0 Å². The van der Waals surface area contributed by atoms with Crippen LogP contribution in [-0.2, 0) is 4.32 Å². The van der Waals surface area contributed by atoms with Crippen molar-refractivity contribution in [3.8, 4) is 0 Å². The van der Waals surface area contributed by atoms with Gasteiger partial charge in [-0.15, -0.1) is 0 Å². The lowest BCUT2D eigenvalue weighted by molar-refractivity contribution is 0.680. The maximum Gasteiger partial charge on any atom is 0.0475 e. The average molecular weight is 334 g/mol. The monoisotopic (exact) mass is 332 g/mol. The van der Waals surface area contributed by atoms with Gasteiger partial charge < -0.3 is 0 Å². The van der Waals surface area contributed by atoms with E-state index >= 15 is 0 Å². The molecule has 0 fully saturated rings. The zero-order valence-electron chi connectivity index (χ0n) is 9.56. The Labute approximate surface area is 110 Å². The summed E-state index contributed by atoms with van der Waals surface area (Å²) in [5.74, 6) is 0. The molecule has 0 saturated carbocycles. The van der Waals surface area contributed by atoms with E-state index in [0.29, 0.717) is 4.83 Å². The maximum atomic E-state index is 3.76. The summed E-state index contributed by atoms with van der Waals surface area (Å²) in [5, 5.41) is 0. The molecule has 0 N–H and O–H groups in total. The molecule has 0 bridgehead atoms. The van der Waals surface area contributed by atoms with Crippen LogP contribution in [0.15, 0.2) is 24.3 Å². The van der Waals surface area contributed by atoms with Crippen LogP contribution in [0.25, 0.3) is 0 Å². The Morgan fingerprint density at radius 1 is 1.20 bits per heavy atom. The number of halogens is 2. The molecular formula is C13H18Br2. The van der Waals surface area contributed by atoms with Crippen LogP contribution in [0, 0.1) is 0 Å². The van der Waals surface area contributed by atoms with Crippen LogP contribution in [0.4, 0.5) is 0 Å². The molecule has 84 valence electrons. The maximum absolute atomic E-state index is 3.76. The SMILES string of the molecule is CCC(Br)c1ccc(C(C)(Br)CC)cc1. The zero-order chi connectivity index (χ0) is 11.5. The number of hydrogen-bond acceptors (Lipinski definition) is 0. The van der Waals surface area contributed by atoms with E-state index in [0.717, 1.165) is 12.8 Å². The van der Waals surface area contributed by atoms with Crippen molar-refractivity contribution in [1.82, 2.24) is 0 Å². The number of benzene rings is 1. The Bertz CT molecular complexity index is 301. The van der Waals surface area contributed by atoms with E-state index in [1.807, 2.05) is 0 Å². The Kier molecular flexibility index (Phi) is 4.85. The van der Waals surface area contributed by atoms with E-state index in [1.165, 1.54) is 11.1 Å². The van der Waals surface area contributed by atoms with Crippen molar-refractivity contribution in [3.05, 3.63) is 35.4 Å². The normalized spacial score (nSPS) is 17.1. The van der Waals surface area contributed by atoms with Gasteiger partial charge in [0.1, 0.15) is 0 Å². The predicted molar refractivity (Wildman–Crippen MR) is 75.0 cm³/mol. The molecule has 2 heteroatoms. The van der Waals surface area contributed by atoms with Crippen LogP contribution in [-0.4, -0.2) is 0 Å². The van der Waals surface area contributed by atoms with E-state index in [1.54, 1.807) is 0 Å². The Hall–Kier alpha value is 0.180. The molecule has 0 heterocycles. The van der Waals surface area contributed by atoms with E-state index in [4.69, 9.17) is 0 Å². The van der Waals surface area contributed by atoms with Crippen molar-refractivity contribution < 1.29 is 0 Å². The van der Waals surface area contributed by atoms with E-state index < -0.39 is 0 Å². The lowest BCUT2D eigenvalue weighted by Gasteiger charge is -2.21. The quantitative estimate of drug-likeness (QED) is 0.633. The predicted octanol–water partition coefficient (Wildman–Crippen LogP) is 5.55. The van der Waals surface area contributed by atoms with Gasteiger partial charge in [-0.2, -0.15) is 0 Å². The standard InChI is InChI=1S/C13H18Br2/c1-4-12(14)10-6-8-11(9-7-10)13(3,15)5-2/h6-9,12H,4-5H2,1-3H3. The van der Waals surface area contributed by atoms with Gasteiger partial charge in [-0.05, 0) is 30.9 Å². The molecule has 1 aromatic rings. The molecule has 0 aromatic heterocycles. The van der Waals surface area contributed by atoms with Crippen molar-refractivity contribution in [2.45, 2.75) is 42.8 Å². The van der Waals surface area contributed by atoms with Gasteiger partial charge in [0.25, 0.3) is 0 Å². The smallest absolute Gasteiger partial charge is 0.0475 e. The lowest BCUT2D eigenvalue weighted by atomic mass is 9.96. The second kappa shape index (κ2) is 5.49. The fourth-order valence-corrected chi connectivity index (χ4v) is 2.05. The molecule has 0 amide bonds. The summed E-state index contributed by atoms with van der Waals surface area (Å²) in [4.78, 5) is 0.481. The molecule has 0 aliphatic heterocycles. The third-order valence-electron chi connectivity index (χ3n) is 2.90. The highest BCUT2D eigenvalue weighted by Gasteiger charge is 2.20. The summed E-state index contributed by atoms with van der Waals surface area (Å²) in [6, 6.07) is 8.87. The molecule has 2 unspecified atom stereocenters. The molecule has 0 saturated heterocycles. The summed E-state index contributed by atoms with van der Waals surface area (Å²) < 4.78 is 0.111. The minimum atomic E-state index is 0.111. The van der Waals surface area contributed by atoms with Crippen molar-refractivity contribution in [2.24, 2.45) is 0 Å². The molecule has 2 atom stereocenters. The third kappa shape index (κ3) is 3.32. The first kappa shape index (κ1) is 13.2. The molecule has 0 radical (unpaired) electrons. The van der Waals surface area contributed by atoms with Gasteiger partial charge >= 0.3 is 0 Å². The summed E-state index contributed by atoms with van der Waals surface area (Å²) in [6.07, 6.45) is 2.22. The van der Waals surface area contributed by atoms with Crippen LogP contribution in [0.5, 0.6) is 0 Å². The van der Waals surface area contributed by atoms with Gasteiger partial charge in [0.15, 0.2) is 0 Å². The molecular weight excluding hydrogens is 316 g/mol. The van der Waals surface area contributed by atoms with Gasteiger partial charge in [-0.3, -0.25) is 0 Å². The number of alkyl halides is 2. The van der Waals surface area contributed by atoms with Crippen molar-refractivity contribution >= 4 is 31.9 Å². The van der Waals surface area contributed by atoms with Crippen LogP contribution in [0.2, 0.25) is 0 Å². The Morgan fingerprint density at radius 3 is 2.13 bits per heavy atom. The molecule has 0 spiro atoms. The molecule has 1 rings (SSSR count). The van der Waals surface area contributed by atoms with E-state index in [-0.39, 0.29) is 4.32 Å². The van der Waals surface area contributed by atoms with Gasteiger partial charge in [0.2, 0.25) is 0 Å². The largest absolute Gasteiger partial charge is 0.0839 e. The van der Waals surface area contributed by atoms with Crippen LogP contribution >= 0.6 is 31.9 Å². The van der Waals surface area contributed by atoms with Crippen LogP contribution in [0.3, 0.4) is 0 Å². The van der Waals surface area contributed by atoms with Crippen LogP contribution < -0.4 is 0 Å².